The van der Waals surface area contributed by atoms with Gasteiger partial charge in [0.15, 0.2) is 0 Å². The number of amides is 1. The third-order valence-corrected chi connectivity index (χ3v) is 3.86. The molecular weight excluding hydrogens is 302 g/mol. The lowest BCUT2D eigenvalue weighted by Gasteiger charge is -2.28. The van der Waals surface area contributed by atoms with E-state index in [0.29, 0.717) is 0 Å². The highest BCUT2D eigenvalue weighted by molar-refractivity contribution is 9.10. The molecular formula is C16H26BrNO. The summed E-state index contributed by atoms with van der Waals surface area (Å²) in [6.07, 6.45) is 2.87. The third-order valence-electron chi connectivity index (χ3n) is 3.37. The van der Waals surface area contributed by atoms with Crippen LogP contribution in [-0.4, -0.2) is 5.91 Å². The smallest absolute Gasteiger partial charge is 0.227 e. The lowest BCUT2D eigenvalue weighted by Crippen LogP contribution is -2.39. The molecule has 0 spiro atoms. The number of hydrogen-bond acceptors (Lipinski definition) is 1. The molecule has 0 radical (unpaired) electrons. The molecule has 0 aliphatic heterocycles. The summed E-state index contributed by atoms with van der Waals surface area (Å²) in [7, 11) is 0. The van der Waals surface area contributed by atoms with Crippen LogP contribution in [0.25, 0.3) is 0 Å². The first-order valence-corrected chi connectivity index (χ1v) is 7.77. The Hall–Kier alpha value is -0.830. The van der Waals surface area contributed by atoms with Crippen molar-refractivity contribution in [2.45, 2.75) is 59.3 Å². The van der Waals surface area contributed by atoms with Crippen LogP contribution in [0.2, 0.25) is 0 Å². The van der Waals surface area contributed by atoms with Crippen molar-refractivity contribution in [2.75, 3.05) is 0 Å². The van der Waals surface area contributed by atoms with Crippen LogP contribution in [0.3, 0.4) is 0 Å². The average Bonchev–Trinajstić information content (AvgIpc) is 2.40. The summed E-state index contributed by atoms with van der Waals surface area (Å²) in [5.74, 6) is -0.243. The maximum atomic E-state index is 11.8. The normalized spacial score (nSPS) is 13.2. The molecule has 1 aromatic carbocycles. The molecule has 1 aromatic rings. The van der Waals surface area contributed by atoms with Gasteiger partial charge in [0.1, 0.15) is 0 Å². The molecule has 1 amide bonds. The van der Waals surface area contributed by atoms with Gasteiger partial charge in [0, 0.05) is 4.47 Å². The van der Waals surface area contributed by atoms with E-state index >= 15 is 0 Å². The Morgan fingerprint density at radius 1 is 1.37 bits per heavy atom. The highest BCUT2D eigenvalue weighted by Gasteiger charge is 2.33. The van der Waals surface area contributed by atoms with Crippen LogP contribution < -0.4 is 5.73 Å². The molecule has 2 nitrogen and oxygen atoms in total. The predicted octanol–water partition coefficient (Wildman–Crippen LogP) is 4.72. The molecule has 19 heavy (non-hydrogen) atoms. The number of aryl methyl sites for hydroxylation is 1. The standard InChI is InChI=1S/C14H20BrNO.C2H6/c1-4-5-8-14(3,13(16)17)12-9-11(15)7-6-10(12)2;1-2/h6-7,9H,4-5,8H2,1-3H3,(H2,16,17);1-2H3. The van der Waals surface area contributed by atoms with E-state index in [1.807, 2.05) is 45.9 Å². The molecule has 108 valence electrons. The lowest BCUT2D eigenvalue weighted by molar-refractivity contribution is -0.123. The van der Waals surface area contributed by atoms with Crippen LogP contribution in [0.5, 0.6) is 0 Å². The fourth-order valence-electron chi connectivity index (χ4n) is 2.11. The van der Waals surface area contributed by atoms with Crippen molar-refractivity contribution in [1.82, 2.24) is 0 Å². The number of carbonyl (C=O) groups is 1. The molecule has 0 saturated carbocycles. The molecule has 0 heterocycles. The van der Waals surface area contributed by atoms with E-state index in [2.05, 4.69) is 22.9 Å². The number of carbonyl (C=O) groups excluding carboxylic acids is 1. The van der Waals surface area contributed by atoms with Crippen LogP contribution in [-0.2, 0) is 10.2 Å². The van der Waals surface area contributed by atoms with Crippen molar-refractivity contribution in [2.24, 2.45) is 5.73 Å². The van der Waals surface area contributed by atoms with E-state index in [1.54, 1.807) is 0 Å². The van der Waals surface area contributed by atoms with Crippen LogP contribution in [0.1, 0.15) is 58.1 Å². The molecule has 1 atom stereocenters. The van der Waals surface area contributed by atoms with Crippen LogP contribution in [0.4, 0.5) is 0 Å². The SMILES string of the molecule is CC.CCCCC(C)(C(N)=O)c1cc(Br)ccc1C. The molecule has 0 aliphatic carbocycles. The lowest BCUT2D eigenvalue weighted by atomic mass is 9.76. The van der Waals surface area contributed by atoms with Gasteiger partial charge >= 0.3 is 0 Å². The van der Waals surface area contributed by atoms with Crippen LogP contribution in [0.15, 0.2) is 22.7 Å². The van der Waals surface area contributed by atoms with Crippen molar-refractivity contribution in [3.05, 3.63) is 33.8 Å². The molecule has 0 saturated heterocycles. The number of unbranched alkanes of at least 4 members (excludes halogenated alkanes) is 1. The summed E-state index contributed by atoms with van der Waals surface area (Å²) in [6, 6.07) is 6.02. The maximum absolute atomic E-state index is 11.8. The second kappa shape index (κ2) is 8.36. The van der Waals surface area contributed by atoms with Gasteiger partial charge < -0.3 is 5.73 Å². The van der Waals surface area contributed by atoms with Crippen LogP contribution in [0, 0.1) is 6.92 Å². The van der Waals surface area contributed by atoms with E-state index < -0.39 is 5.41 Å². The Morgan fingerprint density at radius 3 is 2.42 bits per heavy atom. The van der Waals surface area contributed by atoms with E-state index in [1.165, 1.54) is 0 Å². The summed E-state index contributed by atoms with van der Waals surface area (Å²) in [5, 5.41) is 0. The topological polar surface area (TPSA) is 43.1 Å². The maximum Gasteiger partial charge on any atom is 0.227 e. The Bertz CT molecular complexity index is 417. The van der Waals surface area contributed by atoms with Crippen molar-refractivity contribution < 1.29 is 4.79 Å². The van der Waals surface area contributed by atoms with Gasteiger partial charge in [-0.1, -0.05) is 55.6 Å². The monoisotopic (exact) mass is 327 g/mol. The molecule has 2 N–H and O–H groups in total. The van der Waals surface area contributed by atoms with Gasteiger partial charge in [0.25, 0.3) is 0 Å². The number of halogens is 1. The van der Waals surface area contributed by atoms with Crippen molar-refractivity contribution >= 4 is 21.8 Å². The molecule has 1 unspecified atom stereocenters. The van der Waals surface area contributed by atoms with Gasteiger partial charge in [-0.25, -0.2) is 0 Å². The second-order valence-corrected chi connectivity index (χ2v) is 5.67. The van der Waals surface area contributed by atoms with E-state index in [4.69, 9.17) is 5.73 Å². The van der Waals surface area contributed by atoms with Gasteiger partial charge in [-0.2, -0.15) is 0 Å². The zero-order chi connectivity index (χ0) is 15.1. The highest BCUT2D eigenvalue weighted by atomic mass is 79.9. The van der Waals surface area contributed by atoms with Crippen LogP contribution >= 0.6 is 15.9 Å². The number of benzene rings is 1. The van der Waals surface area contributed by atoms with Crippen molar-refractivity contribution in [3.8, 4) is 0 Å². The molecule has 0 aromatic heterocycles. The average molecular weight is 328 g/mol. The second-order valence-electron chi connectivity index (χ2n) is 4.76. The quantitative estimate of drug-likeness (QED) is 0.835. The first-order valence-electron chi connectivity index (χ1n) is 6.98. The minimum atomic E-state index is -0.566. The molecule has 0 aliphatic rings. The zero-order valence-corrected chi connectivity index (χ0v) is 14.3. The minimum absolute atomic E-state index is 0.243. The Morgan fingerprint density at radius 2 is 1.95 bits per heavy atom. The van der Waals surface area contributed by atoms with Gasteiger partial charge in [0.05, 0.1) is 5.41 Å². The number of rotatable bonds is 5. The van der Waals surface area contributed by atoms with Crippen molar-refractivity contribution in [1.29, 1.82) is 0 Å². The number of primary amides is 1. The van der Waals surface area contributed by atoms with Gasteiger partial charge in [-0.05, 0) is 43.5 Å². The zero-order valence-electron chi connectivity index (χ0n) is 12.7. The summed E-state index contributed by atoms with van der Waals surface area (Å²) in [4.78, 5) is 11.8. The summed E-state index contributed by atoms with van der Waals surface area (Å²) in [6.45, 7) is 10.1. The molecule has 0 bridgehead atoms. The molecule has 1 rings (SSSR count). The first-order chi connectivity index (χ1) is 8.91. The minimum Gasteiger partial charge on any atom is -0.369 e. The predicted molar refractivity (Wildman–Crippen MR) is 86.3 cm³/mol. The summed E-state index contributed by atoms with van der Waals surface area (Å²) in [5.41, 5.74) is 7.19. The van der Waals surface area contributed by atoms with Gasteiger partial charge in [0.2, 0.25) is 5.91 Å². The first kappa shape index (κ1) is 18.2. The number of nitrogens with two attached hydrogens (primary N) is 1. The molecule has 0 fully saturated rings. The third kappa shape index (κ3) is 4.64. The van der Waals surface area contributed by atoms with Gasteiger partial charge in [-0.15, -0.1) is 0 Å². The Kier molecular flexibility index (Phi) is 8.00. The fraction of sp³-hybridized carbons (Fsp3) is 0.562. The summed E-state index contributed by atoms with van der Waals surface area (Å²) < 4.78 is 0.988. The highest BCUT2D eigenvalue weighted by Crippen LogP contribution is 2.33. The number of hydrogen-bond donors (Lipinski definition) is 1. The van der Waals surface area contributed by atoms with E-state index in [9.17, 15) is 4.79 Å². The van der Waals surface area contributed by atoms with Gasteiger partial charge in [-0.3, -0.25) is 4.79 Å². The Labute approximate surface area is 125 Å². The van der Waals surface area contributed by atoms with Crippen molar-refractivity contribution in [3.63, 3.8) is 0 Å². The molecule has 3 heteroatoms. The Balaban J connectivity index is 0.00000154. The largest absolute Gasteiger partial charge is 0.369 e. The van der Waals surface area contributed by atoms with E-state index in [-0.39, 0.29) is 5.91 Å². The van der Waals surface area contributed by atoms with E-state index in [0.717, 1.165) is 34.9 Å². The fourth-order valence-corrected chi connectivity index (χ4v) is 2.47. The summed E-state index contributed by atoms with van der Waals surface area (Å²) >= 11 is 3.45.